The van der Waals surface area contributed by atoms with Crippen LogP contribution in [0.25, 0.3) is 11.0 Å². The van der Waals surface area contributed by atoms with E-state index >= 15 is 0 Å². The van der Waals surface area contributed by atoms with Crippen molar-refractivity contribution in [3.63, 3.8) is 0 Å². The number of rotatable bonds is 2. The topological polar surface area (TPSA) is 69.3 Å². The molecule has 1 aromatic heterocycles. The highest BCUT2D eigenvalue weighted by atomic mass is 19.4. The second-order valence-electron chi connectivity index (χ2n) is 6.76. The van der Waals surface area contributed by atoms with E-state index in [0.717, 1.165) is 17.1 Å². The molecule has 2 heterocycles. The molecule has 0 aliphatic carbocycles. The van der Waals surface area contributed by atoms with E-state index in [9.17, 15) is 22.8 Å². The van der Waals surface area contributed by atoms with Crippen LogP contribution in [0.2, 0.25) is 0 Å². The molecule has 0 radical (unpaired) electrons. The normalized spacial score (nSPS) is 15.0. The first-order valence-electron chi connectivity index (χ1n) is 9.02. The van der Waals surface area contributed by atoms with Crippen molar-refractivity contribution in [3.8, 4) is 0 Å². The summed E-state index contributed by atoms with van der Waals surface area (Å²) in [5.41, 5.74) is 0.665. The van der Waals surface area contributed by atoms with E-state index < -0.39 is 17.6 Å². The van der Waals surface area contributed by atoms with Crippen LogP contribution in [-0.4, -0.2) is 57.8 Å². The second kappa shape index (κ2) is 7.23. The van der Waals surface area contributed by atoms with Crippen LogP contribution in [0.15, 0.2) is 48.8 Å². The van der Waals surface area contributed by atoms with Crippen molar-refractivity contribution in [3.05, 3.63) is 65.5 Å². The van der Waals surface area contributed by atoms with Crippen LogP contribution in [0.5, 0.6) is 0 Å². The monoisotopic (exact) mass is 402 g/mol. The second-order valence-corrected chi connectivity index (χ2v) is 6.76. The number of fused-ring (bicyclic) bond motifs is 1. The molecular weight excluding hydrogens is 385 g/mol. The number of alkyl halides is 3. The first kappa shape index (κ1) is 19.0. The number of amides is 2. The first-order valence-corrected chi connectivity index (χ1v) is 9.02. The summed E-state index contributed by atoms with van der Waals surface area (Å²) in [5.74, 6) is -0.867. The Bertz CT molecular complexity index is 1070. The maximum Gasteiger partial charge on any atom is 0.417 e. The predicted molar refractivity (Wildman–Crippen MR) is 99.3 cm³/mol. The van der Waals surface area contributed by atoms with Gasteiger partial charge >= 0.3 is 6.18 Å². The molecule has 2 amide bonds. The molecule has 1 aliphatic heterocycles. The molecule has 9 heteroatoms. The Morgan fingerprint density at radius 3 is 2.28 bits per heavy atom. The lowest BCUT2D eigenvalue weighted by atomic mass is 10.1. The average Bonchev–Trinajstić information content (AvgIpc) is 3.20. The zero-order valence-corrected chi connectivity index (χ0v) is 15.2. The molecule has 0 unspecified atom stereocenters. The van der Waals surface area contributed by atoms with Gasteiger partial charge < -0.3 is 14.8 Å². The van der Waals surface area contributed by atoms with Gasteiger partial charge in [0.15, 0.2) is 0 Å². The number of aromatic amines is 1. The Morgan fingerprint density at radius 2 is 1.59 bits per heavy atom. The van der Waals surface area contributed by atoms with Crippen LogP contribution in [0.3, 0.4) is 0 Å². The molecular formula is C20H17F3N4O2. The van der Waals surface area contributed by atoms with Crippen molar-refractivity contribution >= 4 is 22.8 Å². The number of carbonyl (C=O) groups excluding carboxylic acids is 2. The van der Waals surface area contributed by atoms with Crippen LogP contribution >= 0.6 is 0 Å². The van der Waals surface area contributed by atoms with Gasteiger partial charge in [0.2, 0.25) is 0 Å². The largest absolute Gasteiger partial charge is 0.417 e. The molecule has 1 N–H and O–H groups in total. The predicted octanol–water partition coefficient (Wildman–Crippen LogP) is 3.18. The fourth-order valence-corrected chi connectivity index (χ4v) is 3.45. The van der Waals surface area contributed by atoms with E-state index in [1.807, 2.05) is 0 Å². The Labute approximate surface area is 163 Å². The van der Waals surface area contributed by atoms with Gasteiger partial charge in [0.1, 0.15) is 0 Å². The number of benzene rings is 2. The molecule has 150 valence electrons. The fraction of sp³-hybridized carbons (Fsp3) is 0.250. The fourth-order valence-electron chi connectivity index (χ4n) is 3.45. The van der Waals surface area contributed by atoms with E-state index in [1.165, 1.54) is 23.1 Å². The number of imidazole rings is 1. The molecule has 6 nitrogen and oxygen atoms in total. The van der Waals surface area contributed by atoms with Gasteiger partial charge in [-0.3, -0.25) is 9.59 Å². The van der Waals surface area contributed by atoms with Crippen LogP contribution in [-0.2, 0) is 6.18 Å². The molecule has 1 fully saturated rings. The summed E-state index contributed by atoms with van der Waals surface area (Å²) >= 11 is 0. The lowest BCUT2D eigenvalue weighted by molar-refractivity contribution is -0.138. The third kappa shape index (κ3) is 3.67. The standard InChI is InChI=1S/C20H17F3N4O2/c21-20(22,23)15-4-2-1-3-14(15)19(29)27-9-7-26(8-10-27)18(28)13-5-6-16-17(11-13)25-12-24-16/h1-6,11-12H,7-10H2,(H,24,25). The smallest absolute Gasteiger partial charge is 0.345 e. The molecule has 3 aromatic rings. The summed E-state index contributed by atoms with van der Waals surface area (Å²) in [5, 5.41) is 0. The van der Waals surface area contributed by atoms with Crippen molar-refractivity contribution < 1.29 is 22.8 Å². The van der Waals surface area contributed by atoms with Gasteiger partial charge in [-0.05, 0) is 30.3 Å². The van der Waals surface area contributed by atoms with Gasteiger partial charge in [0, 0.05) is 31.7 Å². The molecule has 0 atom stereocenters. The molecule has 1 saturated heterocycles. The van der Waals surface area contributed by atoms with E-state index in [1.54, 1.807) is 29.4 Å². The number of carbonyl (C=O) groups is 2. The highest BCUT2D eigenvalue weighted by molar-refractivity contribution is 5.98. The number of halogens is 3. The van der Waals surface area contributed by atoms with E-state index in [-0.39, 0.29) is 37.6 Å². The highest BCUT2D eigenvalue weighted by Gasteiger charge is 2.36. The van der Waals surface area contributed by atoms with Crippen molar-refractivity contribution in [2.75, 3.05) is 26.2 Å². The zero-order valence-electron chi connectivity index (χ0n) is 15.2. The van der Waals surface area contributed by atoms with E-state index in [2.05, 4.69) is 9.97 Å². The summed E-state index contributed by atoms with van der Waals surface area (Å²) in [4.78, 5) is 35.4. The maximum atomic E-state index is 13.2. The van der Waals surface area contributed by atoms with Crippen LogP contribution in [0.4, 0.5) is 13.2 Å². The van der Waals surface area contributed by atoms with Crippen molar-refractivity contribution in [1.82, 2.24) is 19.8 Å². The third-order valence-corrected chi connectivity index (χ3v) is 4.98. The Balaban J connectivity index is 1.45. The molecule has 0 bridgehead atoms. The number of piperazine rings is 1. The number of aromatic nitrogens is 2. The number of nitrogens with one attached hydrogen (secondary N) is 1. The van der Waals surface area contributed by atoms with Gasteiger partial charge in [-0.15, -0.1) is 0 Å². The number of H-pyrrole nitrogens is 1. The SMILES string of the molecule is O=C(c1ccc2nc[nH]c2c1)N1CCN(C(=O)c2ccccc2C(F)(F)F)CC1. The quantitative estimate of drug-likeness (QED) is 0.716. The molecule has 0 saturated carbocycles. The Hall–Kier alpha value is -3.36. The van der Waals surface area contributed by atoms with Crippen LogP contribution < -0.4 is 0 Å². The highest BCUT2D eigenvalue weighted by Crippen LogP contribution is 2.32. The van der Waals surface area contributed by atoms with Gasteiger partial charge in [-0.2, -0.15) is 13.2 Å². The van der Waals surface area contributed by atoms with Crippen molar-refractivity contribution in [2.24, 2.45) is 0 Å². The van der Waals surface area contributed by atoms with Crippen LogP contribution in [0, 0.1) is 0 Å². The van der Waals surface area contributed by atoms with Crippen molar-refractivity contribution in [1.29, 1.82) is 0 Å². The van der Waals surface area contributed by atoms with Crippen molar-refractivity contribution in [2.45, 2.75) is 6.18 Å². The molecule has 2 aromatic carbocycles. The van der Waals surface area contributed by atoms with Crippen LogP contribution in [0.1, 0.15) is 26.3 Å². The first-order chi connectivity index (χ1) is 13.8. The Morgan fingerprint density at radius 1 is 0.931 bits per heavy atom. The van der Waals surface area contributed by atoms with E-state index in [4.69, 9.17) is 0 Å². The summed E-state index contributed by atoms with van der Waals surface area (Å²) < 4.78 is 39.6. The lowest BCUT2D eigenvalue weighted by Gasteiger charge is -2.35. The number of hydrogen-bond acceptors (Lipinski definition) is 3. The van der Waals surface area contributed by atoms with E-state index in [0.29, 0.717) is 5.56 Å². The minimum atomic E-state index is -4.60. The van der Waals surface area contributed by atoms with Gasteiger partial charge in [-0.1, -0.05) is 12.1 Å². The zero-order chi connectivity index (χ0) is 20.6. The summed E-state index contributed by atoms with van der Waals surface area (Å²) in [6, 6.07) is 9.89. The molecule has 4 rings (SSSR count). The third-order valence-electron chi connectivity index (χ3n) is 4.98. The lowest BCUT2D eigenvalue weighted by Crippen LogP contribution is -2.50. The average molecular weight is 402 g/mol. The Kier molecular flexibility index (Phi) is 4.73. The summed E-state index contributed by atoms with van der Waals surface area (Å²) in [6.45, 7) is 0.839. The van der Waals surface area contributed by atoms with Gasteiger partial charge in [-0.25, -0.2) is 4.98 Å². The molecule has 0 spiro atoms. The minimum absolute atomic E-state index is 0.170. The number of nitrogens with zero attached hydrogens (tertiary/aromatic N) is 3. The summed E-state index contributed by atoms with van der Waals surface area (Å²) in [6.07, 6.45) is -3.06. The van der Waals surface area contributed by atoms with Gasteiger partial charge in [0.25, 0.3) is 11.8 Å². The van der Waals surface area contributed by atoms with Gasteiger partial charge in [0.05, 0.1) is 28.5 Å². The summed E-state index contributed by atoms with van der Waals surface area (Å²) in [7, 11) is 0. The molecule has 29 heavy (non-hydrogen) atoms. The maximum absolute atomic E-state index is 13.2. The number of hydrogen-bond donors (Lipinski definition) is 1. The molecule has 1 aliphatic rings. The minimum Gasteiger partial charge on any atom is -0.345 e.